The smallest absolute Gasteiger partial charge is 0.309 e. The van der Waals surface area contributed by atoms with Crippen molar-refractivity contribution in [1.82, 2.24) is 0 Å². The largest absolute Gasteiger partial charge is 0.455 e. The molecular weight excluding hydrogens is 328 g/mol. The normalized spacial score (nSPS) is 20.1. The molecule has 0 atom stereocenters. The van der Waals surface area contributed by atoms with Gasteiger partial charge in [-0.15, -0.1) is 0 Å². The van der Waals surface area contributed by atoms with E-state index in [-0.39, 0.29) is 36.4 Å². The summed E-state index contributed by atoms with van der Waals surface area (Å²) in [4.78, 5) is 26.1. The van der Waals surface area contributed by atoms with Crippen molar-refractivity contribution in [3.05, 3.63) is 30.3 Å². The first-order chi connectivity index (χ1) is 12.3. The number of nitrogens with zero attached hydrogens (tertiary/aromatic N) is 2. The molecule has 0 N–H and O–H groups in total. The second-order valence-electron chi connectivity index (χ2n) is 8.00. The maximum absolute atomic E-state index is 12.4. The van der Waals surface area contributed by atoms with E-state index in [4.69, 9.17) is 10.00 Å². The molecule has 1 saturated carbocycles. The number of benzene rings is 1. The fourth-order valence-electron chi connectivity index (χ4n) is 3.53. The number of para-hydroxylation sites is 1. The van der Waals surface area contributed by atoms with Crippen LogP contribution in [0.15, 0.2) is 30.3 Å². The Labute approximate surface area is 155 Å². The first kappa shape index (κ1) is 20.0. The summed E-state index contributed by atoms with van der Waals surface area (Å²) >= 11 is 0. The van der Waals surface area contributed by atoms with Gasteiger partial charge in [-0.3, -0.25) is 14.5 Å². The summed E-state index contributed by atoms with van der Waals surface area (Å²) in [6, 6.07) is 10.9. The van der Waals surface area contributed by atoms with Gasteiger partial charge in [0, 0.05) is 5.69 Å². The zero-order valence-corrected chi connectivity index (χ0v) is 15.9. The van der Waals surface area contributed by atoms with Gasteiger partial charge < -0.3 is 4.74 Å². The highest BCUT2D eigenvalue weighted by molar-refractivity contribution is 5.95. The Morgan fingerprint density at radius 2 is 1.77 bits per heavy atom. The molecule has 0 unspecified atom stereocenters. The van der Waals surface area contributed by atoms with E-state index < -0.39 is 0 Å². The van der Waals surface area contributed by atoms with Crippen LogP contribution < -0.4 is 4.90 Å². The predicted octanol–water partition coefficient (Wildman–Crippen LogP) is 3.94. The quantitative estimate of drug-likeness (QED) is 0.592. The van der Waals surface area contributed by atoms with Gasteiger partial charge in [-0.2, -0.15) is 5.26 Å². The first-order valence-electron chi connectivity index (χ1n) is 9.22. The molecule has 1 aliphatic carbocycles. The summed E-state index contributed by atoms with van der Waals surface area (Å²) in [5.74, 6) is -0.176. The van der Waals surface area contributed by atoms with Crippen molar-refractivity contribution in [2.45, 2.75) is 46.5 Å². The number of amides is 1. The topological polar surface area (TPSA) is 70.4 Å². The molecule has 1 amide bonds. The third kappa shape index (κ3) is 5.32. The van der Waals surface area contributed by atoms with Crippen molar-refractivity contribution < 1.29 is 14.3 Å². The Balaban J connectivity index is 1.86. The lowest BCUT2D eigenvalue weighted by atomic mass is 9.70. The molecule has 2 rings (SSSR count). The van der Waals surface area contributed by atoms with Crippen LogP contribution in [0.2, 0.25) is 0 Å². The molecule has 1 fully saturated rings. The summed E-state index contributed by atoms with van der Waals surface area (Å²) in [5, 5.41) is 8.97. The molecule has 1 aliphatic rings. The molecule has 5 heteroatoms. The van der Waals surface area contributed by atoms with Crippen molar-refractivity contribution in [3.63, 3.8) is 0 Å². The maximum atomic E-state index is 12.4. The number of carbonyl (C=O) groups excluding carboxylic acids is 2. The van der Waals surface area contributed by atoms with Crippen LogP contribution in [0.25, 0.3) is 0 Å². The summed E-state index contributed by atoms with van der Waals surface area (Å²) in [5.41, 5.74) is 0.888. The monoisotopic (exact) mass is 356 g/mol. The van der Waals surface area contributed by atoms with E-state index in [1.165, 1.54) is 4.90 Å². The SMILES string of the molecule is CC(C)(C)C1CCC(C(=O)OCC(=O)N(CC#N)c2ccccc2)CC1. The third-order valence-electron chi connectivity index (χ3n) is 5.22. The highest BCUT2D eigenvalue weighted by Crippen LogP contribution is 2.40. The third-order valence-corrected chi connectivity index (χ3v) is 5.22. The Morgan fingerprint density at radius 1 is 1.15 bits per heavy atom. The number of ether oxygens (including phenoxy) is 1. The molecular formula is C21H28N2O3. The minimum absolute atomic E-state index is 0.0723. The average Bonchev–Trinajstić information content (AvgIpc) is 2.64. The van der Waals surface area contributed by atoms with Crippen LogP contribution in [0.1, 0.15) is 46.5 Å². The molecule has 0 saturated heterocycles. The van der Waals surface area contributed by atoms with Gasteiger partial charge in [0.25, 0.3) is 5.91 Å². The molecule has 26 heavy (non-hydrogen) atoms. The standard InChI is InChI=1S/C21H28N2O3/c1-21(2,3)17-11-9-16(10-12-17)20(25)26-15-19(24)23(14-13-22)18-7-5-4-6-8-18/h4-8,16-17H,9-12,14-15H2,1-3H3. The molecule has 1 aromatic carbocycles. The lowest BCUT2D eigenvalue weighted by molar-refractivity contribution is -0.153. The number of hydrogen-bond acceptors (Lipinski definition) is 4. The van der Waals surface area contributed by atoms with Crippen LogP contribution in [0, 0.1) is 28.6 Å². The number of nitriles is 1. The van der Waals surface area contributed by atoms with E-state index in [0.29, 0.717) is 11.6 Å². The van der Waals surface area contributed by atoms with Crippen LogP contribution in [-0.2, 0) is 14.3 Å². The molecule has 0 aliphatic heterocycles. The molecule has 0 bridgehead atoms. The Morgan fingerprint density at radius 3 is 2.31 bits per heavy atom. The fraction of sp³-hybridized carbons (Fsp3) is 0.571. The van der Waals surface area contributed by atoms with Crippen LogP contribution in [-0.4, -0.2) is 25.0 Å². The minimum atomic E-state index is -0.380. The highest BCUT2D eigenvalue weighted by atomic mass is 16.5. The van der Waals surface area contributed by atoms with E-state index >= 15 is 0 Å². The van der Waals surface area contributed by atoms with Gasteiger partial charge in [-0.25, -0.2) is 0 Å². The van der Waals surface area contributed by atoms with Crippen LogP contribution in [0.3, 0.4) is 0 Å². The number of hydrogen-bond donors (Lipinski definition) is 0. The Hall–Kier alpha value is -2.35. The number of carbonyl (C=O) groups is 2. The minimum Gasteiger partial charge on any atom is -0.455 e. The second-order valence-corrected chi connectivity index (χ2v) is 8.00. The molecule has 0 radical (unpaired) electrons. The Kier molecular flexibility index (Phi) is 6.79. The summed E-state index contributed by atoms with van der Waals surface area (Å²) in [6.45, 7) is 6.32. The van der Waals surface area contributed by atoms with Crippen LogP contribution in [0.5, 0.6) is 0 Å². The van der Waals surface area contributed by atoms with E-state index in [2.05, 4.69) is 20.8 Å². The Bertz CT molecular complexity index is 650. The van der Waals surface area contributed by atoms with Crippen molar-refractivity contribution in [2.75, 3.05) is 18.1 Å². The van der Waals surface area contributed by atoms with Gasteiger partial charge in [0.1, 0.15) is 6.54 Å². The van der Waals surface area contributed by atoms with E-state index in [9.17, 15) is 9.59 Å². The van der Waals surface area contributed by atoms with Crippen molar-refractivity contribution in [2.24, 2.45) is 17.3 Å². The lowest BCUT2D eigenvalue weighted by Crippen LogP contribution is -2.36. The molecule has 1 aromatic rings. The highest BCUT2D eigenvalue weighted by Gasteiger charge is 2.33. The number of esters is 1. The van der Waals surface area contributed by atoms with Gasteiger partial charge in [0.15, 0.2) is 6.61 Å². The van der Waals surface area contributed by atoms with Gasteiger partial charge in [0.05, 0.1) is 12.0 Å². The zero-order chi connectivity index (χ0) is 19.2. The van der Waals surface area contributed by atoms with Crippen LogP contribution in [0.4, 0.5) is 5.69 Å². The van der Waals surface area contributed by atoms with Gasteiger partial charge in [-0.05, 0) is 49.1 Å². The summed E-state index contributed by atoms with van der Waals surface area (Å²) in [7, 11) is 0. The van der Waals surface area contributed by atoms with Gasteiger partial charge in [-0.1, -0.05) is 39.0 Å². The van der Waals surface area contributed by atoms with Crippen molar-refractivity contribution in [1.29, 1.82) is 5.26 Å². The first-order valence-corrected chi connectivity index (χ1v) is 9.22. The lowest BCUT2D eigenvalue weighted by Gasteiger charge is -2.36. The number of anilines is 1. The second kappa shape index (κ2) is 8.84. The zero-order valence-electron chi connectivity index (χ0n) is 15.9. The predicted molar refractivity (Wildman–Crippen MR) is 100 cm³/mol. The van der Waals surface area contributed by atoms with Crippen LogP contribution >= 0.6 is 0 Å². The maximum Gasteiger partial charge on any atom is 0.309 e. The molecule has 0 spiro atoms. The molecule has 5 nitrogen and oxygen atoms in total. The molecule has 0 aromatic heterocycles. The summed E-state index contributed by atoms with van der Waals surface area (Å²) < 4.78 is 5.27. The number of rotatable bonds is 5. The molecule has 0 heterocycles. The van der Waals surface area contributed by atoms with Crippen molar-refractivity contribution >= 4 is 17.6 Å². The van der Waals surface area contributed by atoms with E-state index in [1.807, 2.05) is 12.1 Å². The van der Waals surface area contributed by atoms with E-state index in [0.717, 1.165) is 25.7 Å². The van der Waals surface area contributed by atoms with Crippen molar-refractivity contribution in [3.8, 4) is 6.07 Å². The van der Waals surface area contributed by atoms with Gasteiger partial charge >= 0.3 is 5.97 Å². The van der Waals surface area contributed by atoms with E-state index in [1.54, 1.807) is 24.3 Å². The summed E-state index contributed by atoms with van der Waals surface area (Å²) in [6.07, 6.45) is 3.66. The van der Waals surface area contributed by atoms with Gasteiger partial charge in [0.2, 0.25) is 0 Å². The fourth-order valence-corrected chi connectivity index (χ4v) is 3.53. The molecule has 140 valence electrons. The average molecular weight is 356 g/mol.